The molecule has 1 aromatic heterocycles. The van der Waals surface area contributed by atoms with Gasteiger partial charge in [0.05, 0.1) is 12.0 Å². The topological polar surface area (TPSA) is 116 Å². The maximum atomic E-state index is 13.1. The molecule has 1 heterocycles. The van der Waals surface area contributed by atoms with Crippen molar-refractivity contribution in [1.29, 1.82) is 5.26 Å². The van der Waals surface area contributed by atoms with Crippen molar-refractivity contribution < 1.29 is 14.4 Å². The lowest BCUT2D eigenvalue weighted by atomic mass is 9.83. The van der Waals surface area contributed by atoms with Crippen molar-refractivity contribution in [2.24, 2.45) is 13.0 Å². The third kappa shape index (κ3) is 5.92. The zero-order valence-electron chi connectivity index (χ0n) is 20.4. The van der Waals surface area contributed by atoms with E-state index < -0.39 is 12.0 Å². The Kier molecular flexibility index (Phi) is 8.01. The molecule has 36 heavy (non-hydrogen) atoms. The summed E-state index contributed by atoms with van der Waals surface area (Å²) in [6.45, 7) is 0. The van der Waals surface area contributed by atoms with Gasteiger partial charge >= 0.3 is 0 Å². The van der Waals surface area contributed by atoms with Crippen LogP contribution in [-0.2, 0) is 16.6 Å². The van der Waals surface area contributed by atoms with E-state index in [4.69, 9.17) is 0 Å². The fourth-order valence-corrected chi connectivity index (χ4v) is 4.83. The van der Waals surface area contributed by atoms with E-state index in [9.17, 15) is 19.6 Å². The number of nitriles is 1. The number of fused-ring (bicyclic) bond motifs is 1. The van der Waals surface area contributed by atoms with Crippen LogP contribution in [0.15, 0.2) is 60.7 Å². The van der Waals surface area contributed by atoms with Gasteiger partial charge in [-0.3, -0.25) is 14.4 Å². The number of aromatic nitrogens is 1. The summed E-state index contributed by atoms with van der Waals surface area (Å²) in [5.74, 6) is -1.11. The molecule has 8 nitrogen and oxygen atoms in total. The molecule has 3 N–H and O–H groups in total. The molecule has 1 fully saturated rings. The number of carbonyl (C=O) groups excluding carboxylic acids is 3. The van der Waals surface area contributed by atoms with E-state index in [-0.39, 0.29) is 36.6 Å². The van der Waals surface area contributed by atoms with Gasteiger partial charge in [0.25, 0.3) is 5.91 Å². The second-order valence-corrected chi connectivity index (χ2v) is 9.26. The normalized spacial score (nSPS) is 18.1. The molecule has 3 amide bonds. The number of aryl methyl sites for hydroxylation is 1. The van der Waals surface area contributed by atoms with Gasteiger partial charge in [-0.2, -0.15) is 5.26 Å². The standard InChI is InChI=1S/C28H31N5O3/c1-33-24-14-8-5-9-19(24)17-25(33)28(36)32-23-13-7-6-12-22(23)27(35)31-21(18-29)15-16-26(34)30-20-10-3-2-4-11-20/h2-5,8-11,14,17,21-23H,6-7,12-13,15-16H2,1H3,(H,30,34)(H,31,35)(H,32,36). The Morgan fingerprint density at radius 1 is 1.06 bits per heavy atom. The number of amides is 3. The second-order valence-electron chi connectivity index (χ2n) is 9.26. The lowest BCUT2D eigenvalue weighted by Crippen LogP contribution is -2.50. The number of nitrogens with one attached hydrogen (secondary N) is 3. The molecule has 0 radical (unpaired) electrons. The largest absolute Gasteiger partial charge is 0.347 e. The first kappa shape index (κ1) is 25.0. The van der Waals surface area contributed by atoms with Gasteiger partial charge in [-0.05, 0) is 43.5 Å². The molecule has 4 rings (SSSR count). The molecule has 0 saturated heterocycles. The minimum absolute atomic E-state index is 0.110. The quantitative estimate of drug-likeness (QED) is 0.449. The Morgan fingerprint density at radius 2 is 1.78 bits per heavy atom. The summed E-state index contributed by atoms with van der Waals surface area (Å²) in [5.41, 5.74) is 2.20. The van der Waals surface area contributed by atoms with Crippen molar-refractivity contribution in [3.63, 3.8) is 0 Å². The van der Waals surface area contributed by atoms with Crippen LogP contribution in [0.4, 0.5) is 5.69 Å². The summed E-state index contributed by atoms with van der Waals surface area (Å²) < 4.78 is 1.86. The molecule has 1 aliphatic carbocycles. The molecule has 3 unspecified atom stereocenters. The number of anilines is 1. The molecule has 3 atom stereocenters. The molecule has 3 aromatic rings. The van der Waals surface area contributed by atoms with E-state index >= 15 is 0 Å². The third-order valence-electron chi connectivity index (χ3n) is 6.79. The van der Waals surface area contributed by atoms with Crippen molar-refractivity contribution >= 4 is 34.3 Å². The van der Waals surface area contributed by atoms with Crippen LogP contribution in [0.25, 0.3) is 10.9 Å². The van der Waals surface area contributed by atoms with Crippen LogP contribution < -0.4 is 16.0 Å². The van der Waals surface area contributed by atoms with Crippen molar-refractivity contribution in [3.8, 4) is 6.07 Å². The smallest absolute Gasteiger partial charge is 0.268 e. The number of benzene rings is 2. The average Bonchev–Trinajstić information content (AvgIpc) is 3.24. The molecule has 0 aliphatic heterocycles. The van der Waals surface area contributed by atoms with E-state index in [1.165, 1.54) is 0 Å². The highest BCUT2D eigenvalue weighted by Crippen LogP contribution is 2.26. The maximum absolute atomic E-state index is 13.1. The van der Waals surface area contributed by atoms with Crippen LogP contribution in [0, 0.1) is 17.2 Å². The Labute approximate surface area is 210 Å². The molecule has 1 aliphatic rings. The third-order valence-corrected chi connectivity index (χ3v) is 6.79. The first-order chi connectivity index (χ1) is 17.5. The number of carbonyl (C=O) groups is 3. The van der Waals surface area contributed by atoms with Gasteiger partial charge in [0, 0.05) is 36.1 Å². The maximum Gasteiger partial charge on any atom is 0.268 e. The van der Waals surface area contributed by atoms with Crippen LogP contribution in [0.2, 0.25) is 0 Å². The Balaban J connectivity index is 1.35. The molecule has 8 heteroatoms. The second kappa shape index (κ2) is 11.5. The zero-order valence-corrected chi connectivity index (χ0v) is 20.4. The fourth-order valence-electron chi connectivity index (χ4n) is 4.83. The number of hydrogen-bond acceptors (Lipinski definition) is 4. The van der Waals surface area contributed by atoms with Gasteiger partial charge in [0.1, 0.15) is 11.7 Å². The minimum Gasteiger partial charge on any atom is -0.347 e. The van der Waals surface area contributed by atoms with E-state index in [0.717, 1.165) is 23.7 Å². The Hall–Kier alpha value is -4.12. The summed E-state index contributed by atoms with van der Waals surface area (Å²) in [6.07, 6.45) is 3.46. The Morgan fingerprint density at radius 3 is 2.53 bits per heavy atom. The van der Waals surface area contributed by atoms with E-state index in [1.54, 1.807) is 12.1 Å². The predicted molar refractivity (Wildman–Crippen MR) is 138 cm³/mol. The van der Waals surface area contributed by atoms with Gasteiger partial charge in [0.2, 0.25) is 11.8 Å². The van der Waals surface area contributed by atoms with Crippen LogP contribution >= 0.6 is 0 Å². The molecule has 0 spiro atoms. The first-order valence-electron chi connectivity index (χ1n) is 12.4. The van der Waals surface area contributed by atoms with Crippen LogP contribution in [0.1, 0.15) is 49.0 Å². The lowest BCUT2D eigenvalue weighted by molar-refractivity contribution is -0.127. The van der Waals surface area contributed by atoms with Gasteiger partial charge in [-0.15, -0.1) is 0 Å². The van der Waals surface area contributed by atoms with Gasteiger partial charge in [0.15, 0.2) is 0 Å². The summed E-state index contributed by atoms with van der Waals surface area (Å²) in [4.78, 5) is 38.5. The summed E-state index contributed by atoms with van der Waals surface area (Å²) in [7, 11) is 1.85. The zero-order chi connectivity index (χ0) is 25.5. The monoisotopic (exact) mass is 485 g/mol. The predicted octanol–water partition coefficient (Wildman–Crippen LogP) is 3.89. The first-order valence-corrected chi connectivity index (χ1v) is 12.4. The molecular weight excluding hydrogens is 454 g/mol. The molecule has 0 bridgehead atoms. The molecule has 186 valence electrons. The summed E-state index contributed by atoms with van der Waals surface area (Å²) >= 11 is 0. The highest BCUT2D eigenvalue weighted by molar-refractivity contribution is 5.99. The minimum atomic E-state index is -0.782. The SMILES string of the molecule is Cn1c(C(=O)NC2CCCCC2C(=O)NC(C#N)CCC(=O)Nc2ccccc2)cc2ccccc21. The van der Waals surface area contributed by atoms with E-state index in [2.05, 4.69) is 22.0 Å². The van der Waals surface area contributed by atoms with Crippen molar-refractivity contribution in [3.05, 3.63) is 66.4 Å². The van der Waals surface area contributed by atoms with Crippen molar-refractivity contribution in [2.75, 3.05) is 5.32 Å². The number of rotatable bonds is 8. The van der Waals surface area contributed by atoms with E-state index in [0.29, 0.717) is 24.2 Å². The van der Waals surface area contributed by atoms with Gasteiger partial charge < -0.3 is 20.5 Å². The highest BCUT2D eigenvalue weighted by atomic mass is 16.2. The van der Waals surface area contributed by atoms with Gasteiger partial charge in [-0.25, -0.2) is 0 Å². The number of para-hydroxylation sites is 2. The highest BCUT2D eigenvalue weighted by Gasteiger charge is 2.33. The number of hydrogen-bond donors (Lipinski definition) is 3. The molecule has 1 saturated carbocycles. The van der Waals surface area contributed by atoms with Crippen molar-refractivity contribution in [1.82, 2.24) is 15.2 Å². The summed E-state index contributed by atoms with van der Waals surface area (Å²) in [5, 5.41) is 19.2. The molecule has 2 aromatic carbocycles. The average molecular weight is 486 g/mol. The fraction of sp³-hybridized carbons (Fsp3) is 0.357. The molecular formula is C28H31N5O3. The summed E-state index contributed by atoms with van der Waals surface area (Å²) in [6, 6.07) is 19.7. The Bertz CT molecular complexity index is 1280. The lowest BCUT2D eigenvalue weighted by Gasteiger charge is -2.31. The number of nitrogens with zero attached hydrogens (tertiary/aromatic N) is 2. The van der Waals surface area contributed by atoms with Gasteiger partial charge in [-0.1, -0.05) is 49.2 Å². The van der Waals surface area contributed by atoms with Crippen LogP contribution in [0.5, 0.6) is 0 Å². The van der Waals surface area contributed by atoms with E-state index in [1.807, 2.05) is 60.1 Å². The van der Waals surface area contributed by atoms with Crippen LogP contribution in [-0.4, -0.2) is 34.4 Å². The van der Waals surface area contributed by atoms with Crippen molar-refractivity contribution in [2.45, 2.75) is 50.6 Å². The van der Waals surface area contributed by atoms with Crippen LogP contribution in [0.3, 0.4) is 0 Å².